The molecule has 0 aliphatic carbocycles. The molecule has 0 saturated heterocycles. The monoisotopic (exact) mass is 564 g/mol. The van der Waals surface area contributed by atoms with Crippen molar-refractivity contribution in [2.75, 3.05) is 0 Å². The van der Waals surface area contributed by atoms with E-state index in [4.69, 9.17) is 4.42 Å². The van der Waals surface area contributed by atoms with Crippen LogP contribution in [0.2, 0.25) is 0 Å². The maximum atomic E-state index is 5.73. The number of para-hydroxylation sites is 1. The number of thiophene rings is 1. The van der Waals surface area contributed by atoms with Gasteiger partial charge in [-0.15, -0.1) is 11.3 Å². The van der Waals surface area contributed by atoms with Crippen LogP contribution < -0.4 is 0 Å². The maximum absolute atomic E-state index is 5.73. The zero-order valence-electron chi connectivity index (χ0n) is 24.7. The first kappa shape index (κ1) is 28.9. The molecule has 2 heterocycles. The molecule has 0 aliphatic rings. The molecule has 208 valence electrons. The van der Waals surface area contributed by atoms with Gasteiger partial charge in [0.15, 0.2) is 0 Å². The van der Waals surface area contributed by atoms with Crippen molar-refractivity contribution < 1.29 is 4.42 Å². The fraction of sp³-hybridized carbons (Fsp3) is 0.100. The molecule has 0 atom stereocenters. The predicted octanol–water partition coefficient (Wildman–Crippen LogP) is 12.2. The molecule has 8 aromatic rings. The molecular weight excluding hydrogens is 529 g/mol. The molecule has 0 spiro atoms. The first-order valence-electron chi connectivity index (χ1n) is 14.3. The van der Waals surface area contributed by atoms with E-state index in [0.29, 0.717) is 0 Å². The van der Waals surface area contributed by atoms with E-state index in [1.54, 1.807) is 0 Å². The molecule has 6 aromatic carbocycles. The Morgan fingerprint density at radius 1 is 0.405 bits per heavy atom. The van der Waals surface area contributed by atoms with E-state index in [1.165, 1.54) is 53.2 Å². The predicted molar refractivity (Wildman–Crippen MR) is 185 cm³/mol. The standard InChI is InChI=1S/C13H10O.C13H10S.2C7H8/c1-9-5-4-8-12-13(9)10-6-2-3-7-11(10)14-12;1-9-6-7-13-11(8-9)10-4-2-3-5-12(10)14-13;2*1-7-5-3-2-4-6-7/h2*2-8H,1H3;2*2-6H,1H3. The van der Waals surface area contributed by atoms with Crippen LogP contribution in [0.3, 0.4) is 0 Å². The molecule has 0 amide bonds. The highest BCUT2D eigenvalue weighted by molar-refractivity contribution is 7.25. The van der Waals surface area contributed by atoms with Gasteiger partial charge < -0.3 is 4.42 Å². The lowest BCUT2D eigenvalue weighted by Crippen LogP contribution is -1.72. The van der Waals surface area contributed by atoms with Gasteiger partial charge in [0, 0.05) is 30.9 Å². The van der Waals surface area contributed by atoms with Gasteiger partial charge in [-0.1, -0.05) is 132 Å². The minimum Gasteiger partial charge on any atom is -0.456 e. The van der Waals surface area contributed by atoms with Gasteiger partial charge in [-0.3, -0.25) is 0 Å². The van der Waals surface area contributed by atoms with Gasteiger partial charge in [0.05, 0.1) is 0 Å². The van der Waals surface area contributed by atoms with Crippen molar-refractivity contribution in [3.63, 3.8) is 0 Å². The fourth-order valence-electron chi connectivity index (χ4n) is 4.86. The molecular formula is C40H36OS. The maximum Gasteiger partial charge on any atom is 0.135 e. The summed E-state index contributed by atoms with van der Waals surface area (Å²) in [5.74, 6) is 0. The summed E-state index contributed by atoms with van der Waals surface area (Å²) in [5.41, 5.74) is 7.20. The second kappa shape index (κ2) is 13.8. The molecule has 42 heavy (non-hydrogen) atoms. The highest BCUT2D eigenvalue weighted by Crippen LogP contribution is 2.34. The van der Waals surface area contributed by atoms with E-state index in [-0.39, 0.29) is 0 Å². The normalized spacial score (nSPS) is 10.4. The molecule has 0 bridgehead atoms. The van der Waals surface area contributed by atoms with Crippen molar-refractivity contribution in [2.24, 2.45) is 0 Å². The molecule has 0 fully saturated rings. The summed E-state index contributed by atoms with van der Waals surface area (Å²) in [7, 11) is 0. The smallest absolute Gasteiger partial charge is 0.135 e. The number of rotatable bonds is 0. The van der Waals surface area contributed by atoms with Crippen LogP contribution in [-0.4, -0.2) is 0 Å². The Morgan fingerprint density at radius 3 is 1.60 bits per heavy atom. The van der Waals surface area contributed by atoms with E-state index >= 15 is 0 Å². The topological polar surface area (TPSA) is 13.1 Å². The van der Waals surface area contributed by atoms with Crippen molar-refractivity contribution in [3.8, 4) is 0 Å². The van der Waals surface area contributed by atoms with E-state index in [1.807, 2.05) is 78.1 Å². The number of fused-ring (bicyclic) bond motifs is 6. The van der Waals surface area contributed by atoms with Gasteiger partial charge in [0.2, 0.25) is 0 Å². The SMILES string of the molecule is Cc1ccc2sc3ccccc3c2c1.Cc1cccc2oc3ccccc3c12.Cc1ccccc1.Cc1ccccc1. The zero-order valence-corrected chi connectivity index (χ0v) is 25.5. The molecule has 0 radical (unpaired) electrons. The third-order valence-corrected chi connectivity index (χ3v) is 8.18. The lowest BCUT2D eigenvalue weighted by atomic mass is 10.1. The van der Waals surface area contributed by atoms with Gasteiger partial charge in [-0.2, -0.15) is 0 Å². The van der Waals surface area contributed by atoms with Crippen LogP contribution in [0.25, 0.3) is 42.1 Å². The van der Waals surface area contributed by atoms with E-state index < -0.39 is 0 Å². The Hall–Kier alpha value is -4.66. The Kier molecular flexibility index (Phi) is 9.48. The molecule has 2 aromatic heterocycles. The molecule has 0 saturated carbocycles. The molecule has 2 heteroatoms. The minimum absolute atomic E-state index is 0.969. The van der Waals surface area contributed by atoms with Crippen molar-refractivity contribution in [3.05, 3.63) is 168 Å². The minimum atomic E-state index is 0.969. The van der Waals surface area contributed by atoms with Crippen molar-refractivity contribution in [1.82, 2.24) is 0 Å². The summed E-state index contributed by atoms with van der Waals surface area (Å²) >= 11 is 1.87. The first-order valence-corrected chi connectivity index (χ1v) is 15.1. The fourth-order valence-corrected chi connectivity index (χ4v) is 5.95. The summed E-state index contributed by atoms with van der Waals surface area (Å²) in [6.45, 7) is 8.43. The number of hydrogen-bond acceptors (Lipinski definition) is 2. The highest BCUT2D eigenvalue weighted by atomic mass is 32.1. The van der Waals surface area contributed by atoms with Crippen LogP contribution in [0.1, 0.15) is 22.3 Å². The van der Waals surface area contributed by atoms with E-state index in [2.05, 4.69) is 107 Å². The van der Waals surface area contributed by atoms with Crippen LogP contribution in [-0.2, 0) is 0 Å². The van der Waals surface area contributed by atoms with Gasteiger partial charge in [0.25, 0.3) is 0 Å². The van der Waals surface area contributed by atoms with Gasteiger partial charge in [-0.05, 0) is 63.6 Å². The molecule has 0 N–H and O–H groups in total. The number of aryl methyl sites for hydroxylation is 4. The van der Waals surface area contributed by atoms with Gasteiger partial charge in [-0.25, -0.2) is 0 Å². The van der Waals surface area contributed by atoms with E-state index in [9.17, 15) is 0 Å². The Labute approximate surface area is 252 Å². The van der Waals surface area contributed by atoms with Crippen molar-refractivity contribution in [1.29, 1.82) is 0 Å². The van der Waals surface area contributed by atoms with Crippen molar-refractivity contribution in [2.45, 2.75) is 27.7 Å². The summed E-state index contributed by atoms with van der Waals surface area (Å²) in [6.07, 6.45) is 0. The van der Waals surface area contributed by atoms with Gasteiger partial charge in [0.1, 0.15) is 11.2 Å². The quantitative estimate of drug-likeness (QED) is 0.178. The Morgan fingerprint density at radius 2 is 0.952 bits per heavy atom. The average Bonchev–Trinajstić information content (AvgIpc) is 3.58. The summed E-state index contributed by atoms with van der Waals surface area (Å²) < 4.78 is 8.50. The molecule has 8 rings (SSSR count). The molecule has 1 nitrogen and oxygen atoms in total. The second-order valence-corrected chi connectivity index (χ2v) is 11.5. The third kappa shape index (κ3) is 7.15. The lowest BCUT2D eigenvalue weighted by Gasteiger charge is -1.93. The van der Waals surface area contributed by atoms with Crippen LogP contribution >= 0.6 is 11.3 Å². The Bertz CT molecular complexity index is 1980. The lowest BCUT2D eigenvalue weighted by molar-refractivity contribution is 0.669. The number of hydrogen-bond donors (Lipinski definition) is 0. The second-order valence-electron chi connectivity index (χ2n) is 10.5. The van der Waals surface area contributed by atoms with Crippen LogP contribution in [0.15, 0.2) is 150 Å². The van der Waals surface area contributed by atoms with Gasteiger partial charge >= 0.3 is 0 Å². The third-order valence-electron chi connectivity index (χ3n) is 7.02. The number of furan rings is 1. The van der Waals surface area contributed by atoms with Crippen LogP contribution in [0.4, 0.5) is 0 Å². The summed E-state index contributed by atoms with van der Waals surface area (Å²) in [5, 5.41) is 5.23. The largest absolute Gasteiger partial charge is 0.456 e. The van der Waals surface area contributed by atoms with Crippen LogP contribution in [0, 0.1) is 27.7 Å². The van der Waals surface area contributed by atoms with Crippen LogP contribution in [0.5, 0.6) is 0 Å². The number of benzene rings is 6. The first-order chi connectivity index (χ1) is 20.5. The summed E-state index contributed by atoms with van der Waals surface area (Å²) in [6, 6.07) is 50.1. The highest BCUT2D eigenvalue weighted by Gasteiger charge is 2.07. The summed E-state index contributed by atoms with van der Waals surface area (Å²) in [4.78, 5) is 0. The van der Waals surface area contributed by atoms with Crippen molar-refractivity contribution >= 4 is 53.4 Å². The Balaban J connectivity index is 0.000000118. The molecule has 0 unspecified atom stereocenters. The average molecular weight is 565 g/mol. The molecule has 0 aliphatic heterocycles. The van der Waals surface area contributed by atoms with E-state index in [0.717, 1.165) is 11.2 Å². The zero-order chi connectivity index (χ0) is 29.3.